The Morgan fingerprint density at radius 2 is 1.81 bits per heavy atom. The SMILES string of the molecule is O=C1COCC2(CN(Cc3ccccc3Cl)CCO2)CN1c1ccccc1. The number of nitrogens with zero attached hydrogens (tertiary/aromatic N) is 2. The summed E-state index contributed by atoms with van der Waals surface area (Å²) in [6.07, 6.45) is 0. The molecule has 4 rings (SSSR count). The van der Waals surface area contributed by atoms with E-state index in [1.807, 2.05) is 54.6 Å². The highest BCUT2D eigenvalue weighted by Crippen LogP contribution is 2.28. The van der Waals surface area contributed by atoms with E-state index in [1.165, 1.54) is 0 Å². The molecule has 5 nitrogen and oxygen atoms in total. The smallest absolute Gasteiger partial charge is 0.253 e. The van der Waals surface area contributed by atoms with Crippen LogP contribution in [0, 0.1) is 0 Å². The quantitative estimate of drug-likeness (QED) is 0.813. The lowest BCUT2D eigenvalue weighted by atomic mass is 10.0. The predicted octanol–water partition coefficient (Wildman–Crippen LogP) is 2.97. The molecular weight excluding hydrogens is 364 g/mol. The number of para-hydroxylation sites is 1. The van der Waals surface area contributed by atoms with Crippen molar-refractivity contribution in [1.29, 1.82) is 0 Å². The molecule has 0 N–H and O–H groups in total. The third kappa shape index (κ3) is 4.17. The second kappa shape index (κ2) is 7.98. The fourth-order valence-corrected chi connectivity index (χ4v) is 3.97. The van der Waals surface area contributed by atoms with Gasteiger partial charge in [0.25, 0.3) is 5.91 Å². The molecule has 2 heterocycles. The maximum Gasteiger partial charge on any atom is 0.253 e. The molecule has 2 saturated heterocycles. The van der Waals surface area contributed by atoms with Crippen molar-refractivity contribution in [3.8, 4) is 0 Å². The number of anilines is 1. The first kappa shape index (κ1) is 18.4. The summed E-state index contributed by atoms with van der Waals surface area (Å²) in [6, 6.07) is 17.6. The van der Waals surface area contributed by atoms with Crippen LogP contribution >= 0.6 is 11.6 Å². The van der Waals surface area contributed by atoms with Crippen LogP contribution in [0.3, 0.4) is 0 Å². The summed E-state index contributed by atoms with van der Waals surface area (Å²) in [5, 5.41) is 0.774. The second-order valence-electron chi connectivity index (χ2n) is 7.14. The van der Waals surface area contributed by atoms with Gasteiger partial charge in [-0.1, -0.05) is 48.0 Å². The van der Waals surface area contributed by atoms with E-state index in [0.717, 1.165) is 29.4 Å². The van der Waals surface area contributed by atoms with Gasteiger partial charge in [0, 0.05) is 30.3 Å². The van der Waals surface area contributed by atoms with Crippen LogP contribution in [-0.4, -0.2) is 55.9 Å². The minimum Gasteiger partial charge on any atom is -0.368 e. The van der Waals surface area contributed by atoms with Crippen LogP contribution in [-0.2, 0) is 20.8 Å². The third-order valence-corrected chi connectivity index (χ3v) is 5.45. The molecule has 1 atom stereocenters. The van der Waals surface area contributed by atoms with Crippen LogP contribution in [0.2, 0.25) is 5.02 Å². The van der Waals surface area contributed by atoms with Crippen molar-refractivity contribution < 1.29 is 14.3 Å². The monoisotopic (exact) mass is 386 g/mol. The fourth-order valence-electron chi connectivity index (χ4n) is 3.78. The van der Waals surface area contributed by atoms with E-state index in [1.54, 1.807) is 4.90 Å². The molecule has 0 radical (unpaired) electrons. The Kier molecular flexibility index (Phi) is 5.45. The number of halogens is 1. The highest BCUT2D eigenvalue weighted by atomic mass is 35.5. The molecule has 6 heteroatoms. The molecule has 0 bridgehead atoms. The Morgan fingerprint density at radius 1 is 1.04 bits per heavy atom. The summed E-state index contributed by atoms with van der Waals surface area (Å²) < 4.78 is 11.9. The first-order valence-corrected chi connectivity index (χ1v) is 9.56. The fraction of sp³-hybridized carbons (Fsp3) is 0.381. The number of morpholine rings is 1. The Balaban J connectivity index is 1.54. The van der Waals surface area contributed by atoms with Crippen molar-refractivity contribution in [3.05, 3.63) is 65.2 Å². The van der Waals surface area contributed by atoms with Gasteiger partial charge in [-0.15, -0.1) is 0 Å². The molecule has 2 aromatic carbocycles. The van der Waals surface area contributed by atoms with Crippen molar-refractivity contribution >= 4 is 23.2 Å². The molecule has 1 amide bonds. The molecule has 0 aliphatic carbocycles. The van der Waals surface area contributed by atoms with Crippen molar-refractivity contribution in [2.24, 2.45) is 0 Å². The lowest BCUT2D eigenvalue weighted by Gasteiger charge is -2.43. The van der Waals surface area contributed by atoms with Gasteiger partial charge in [0.15, 0.2) is 0 Å². The van der Waals surface area contributed by atoms with Crippen LogP contribution in [0.1, 0.15) is 5.56 Å². The summed E-state index contributed by atoms with van der Waals surface area (Å²) in [5.41, 5.74) is 1.43. The molecule has 2 aliphatic rings. The Labute approximate surface area is 164 Å². The number of rotatable bonds is 3. The van der Waals surface area contributed by atoms with E-state index in [2.05, 4.69) is 4.90 Å². The molecule has 2 aromatic rings. The molecular formula is C21H23ClN2O3. The van der Waals surface area contributed by atoms with Crippen LogP contribution < -0.4 is 4.90 Å². The number of hydrogen-bond acceptors (Lipinski definition) is 4. The molecule has 0 saturated carbocycles. The third-order valence-electron chi connectivity index (χ3n) is 5.09. The second-order valence-corrected chi connectivity index (χ2v) is 7.55. The zero-order valence-electron chi connectivity index (χ0n) is 15.1. The topological polar surface area (TPSA) is 42.0 Å². The summed E-state index contributed by atoms with van der Waals surface area (Å²) in [4.78, 5) is 16.7. The summed E-state index contributed by atoms with van der Waals surface area (Å²) in [6.45, 7) is 3.83. The van der Waals surface area contributed by atoms with Gasteiger partial charge in [-0.05, 0) is 23.8 Å². The van der Waals surface area contributed by atoms with Gasteiger partial charge in [-0.3, -0.25) is 9.69 Å². The first-order valence-electron chi connectivity index (χ1n) is 9.18. The largest absolute Gasteiger partial charge is 0.368 e. The highest BCUT2D eigenvalue weighted by Gasteiger charge is 2.42. The lowest BCUT2D eigenvalue weighted by molar-refractivity contribution is -0.135. The molecule has 1 spiro atoms. The maximum atomic E-state index is 12.6. The van der Waals surface area contributed by atoms with Crippen molar-refractivity contribution in [3.63, 3.8) is 0 Å². The van der Waals surface area contributed by atoms with E-state index in [4.69, 9.17) is 21.1 Å². The van der Waals surface area contributed by atoms with Gasteiger partial charge in [0.05, 0.1) is 19.8 Å². The number of carbonyl (C=O) groups excluding carboxylic acids is 1. The van der Waals surface area contributed by atoms with Gasteiger partial charge in [-0.2, -0.15) is 0 Å². The standard InChI is InChI=1S/C21H23ClN2O3/c22-19-9-5-4-6-17(19)12-23-10-11-27-21(14-23)15-24(20(25)13-26-16-21)18-7-2-1-3-8-18/h1-9H,10-16H2. The Morgan fingerprint density at radius 3 is 2.63 bits per heavy atom. The number of carbonyl (C=O) groups is 1. The number of amides is 1. The minimum atomic E-state index is -0.540. The van der Waals surface area contributed by atoms with Crippen LogP contribution in [0.15, 0.2) is 54.6 Å². The molecule has 1 unspecified atom stereocenters. The summed E-state index contributed by atoms with van der Waals surface area (Å²) >= 11 is 6.33. The van der Waals surface area contributed by atoms with Gasteiger partial charge >= 0.3 is 0 Å². The number of hydrogen-bond donors (Lipinski definition) is 0. The van der Waals surface area contributed by atoms with E-state index in [-0.39, 0.29) is 12.5 Å². The summed E-state index contributed by atoms with van der Waals surface area (Å²) in [5.74, 6) is -0.0371. The molecule has 27 heavy (non-hydrogen) atoms. The lowest BCUT2D eigenvalue weighted by Crippen LogP contribution is -2.59. The van der Waals surface area contributed by atoms with E-state index < -0.39 is 5.60 Å². The molecule has 2 fully saturated rings. The first-order chi connectivity index (χ1) is 13.2. The van der Waals surface area contributed by atoms with Crippen molar-refractivity contribution in [1.82, 2.24) is 4.90 Å². The predicted molar refractivity (Wildman–Crippen MR) is 105 cm³/mol. The van der Waals surface area contributed by atoms with E-state index in [0.29, 0.717) is 26.3 Å². The molecule has 2 aliphatic heterocycles. The van der Waals surface area contributed by atoms with Crippen LogP contribution in [0.25, 0.3) is 0 Å². The zero-order valence-corrected chi connectivity index (χ0v) is 15.9. The highest BCUT2D eigenvalue weighted by molar-refractivity contribution is 6.31. The zero-order chi connectivity index (χ0) is 18.7. The van der Waals surface area contributed by atoms with Gasteiger partial charge in [0.1, 0.15) is 12.2 Å². The van der Waals surface area contributed by atoms with Gasteiger partial charge in [0.2, 0.25) is 0 Å². The minimum absolute atomic E-state index is 0.0371. The van der Waals surface area contributed by atoms with E-state index >= 15 is 0 Å². The Hall–Kier alpha value is -1.92. The van der Waals surface area contributed by atoms with Gasteiger partial charge in [-0.25, -0.2) is 0 Å². The maximum absolute atomic E-state index is 12.6. The van der Waals surface area contributed by atoms with Gasteiger partial charge < -0.3 is 14.4 Å². The van der Waals surface area contributed by atoms with Crippen LogP contribution in [0.4, 0.5) is 5.69 Å². The van der Waals surface area contributed by atoms with Crippen molar-refractivity contribution in [2.45, 2.75) is 12.1 Å². The molecule has 142 valence electrons. The van der Waals surface area contributed by atoms with Crippen LogP contribution in [0.5, 0.6) is 0 Å². The summed E-state index contributed by atoms with van der Waals surface area (Å²) in [7, 11) is 0. The normalized spacial score (nSPS) is 24.2. The average Bonchev–Trinajstić information content (AvgIpc) is 2.84. The Bertz CT molecular complexity index is 801. The average molecular weight is 387 g/mol. The number of benzene rings is 2. The number of ether oxygens (including phenoxy) is 2. The van der Waals surface area contributed by atoms with E-state index in [9.17, 15) is 4.79 Å². The molecule has 0 aromatic heterocycles. The van der Waals surface area contributed by atoms with Crippen molar-refractivity contribution in [2.75, 3.05) is 44.4 Å².